The molecule has 0 spiro atoms. The number of benzene rings is 2. The number of hydrogen-bond acceptors (Lipinski definition) is 3. The van der Waals surface area contributed by atoms with Gasteiger partial charge in [0.15, 0.2) is 5.82 Å². The first kappa shape index (κ1) is 16.9. The predicted octanol–water partition coefficient (Wildman–Crippen LogP) is 4.42. The van der Waals surface area contributed by atoms with Crippen LogP contribution in [0.25, 0.3) is 10.9 Å². The molecule has 3 N–H and O–H groups in total. The molecule has 0 radical (unpaired) electrons. The van der Waals surface area contributed by atoms with Gasteiger partial charge in [0.1, 0.15) is 5.76 Å². The number of rotatable bonds is 5. The third-order valence-electron chi connectivity index (χ3n) is 4.53. The van der Waals surface area contributed by atoms with Gasteiger partial charge in [-0.05, 0) is 24.1 Å². The average Bonchev–Trinajstić information content (AvgIpc) is 3.29. The summed E-state index contributed by atoms with van der Waals surface area (Å²) in [6.45, 7) is 2.23. The van der Waals surface area contributed by atoms with Crippen molar-refractivity contribution in [3.63, 3.8) is 0 Å². The quantitative estimate of drug-likeness (QED) is 0.493. The largest absolute Gasteiger partial charge is 0.361 e. The molecule has 2 aromatic carbocycles. The summed E-state index contributed by atoms with van der Waals surface area (Å²) in [5.41, 5.74) is 3.37. The smallest absolute Gasteiger partial charge is 0.320 e. The SMILES string of the molecule is Cc1cc(NC(=O)NC[C@@H](c2ccccc2)c2c[nH]c3ccccc23)no1. The molecule has 0 bridgehead atoms. The molecular formula is C21H20N4O2. The first-order chi connectivity index (χ1) is 13.2. The van der Waals surface area contributed by atoms with E-state index < -0.39 is 0 Å². The van der Waals surface area contributed by atoms with Gasteiger partial charge in [-0.2, -0.15) is 0 Å². The Labute approximate surface area is 156 Å². The summed E-state index contributed by atoms with van der Waals surface area (Å²) >= 11 is 0. The maximum atomic E-state index is 12.3. The van der Waals surface area contributed by atoms with Crippen LogP contribution in [0.2, 0.25) is 0 Å². The fraction of sp³-hybridized carbons (Fsp3) is 0.143. The molecule has 2 heterocycles. The molecule has 0 aliphatic heterocycles. The van der Waals surface area contributed by atoms with Crippen LogP contribution in [0.1, 0.15) is 22.8 Å². The molecule has 27 heavy (non-hydrogen) atoms. The summed E-state index contributed by atoms with van der Waals surface area (Å²) in [6.07, 6.45) is 2.02. The maximum absolute atomic E-state index is 12.3. The molecule has 0 saturated carbocycles. The van der Waals surface area contributed by atoms with E-state index in [4.69, 9.17) is 4.52 Å². The van der Waals surface area contributed by atoms with Crippen molar-refractivity contribution in [1.29, 1.82) is 0 Å². The highest BCUT2D eigenvalue weighted by atomic mass is 16.5. The van der Waals surface area contributed by atoms with Crippen LogP contribution in [-0.4, -0.2) is 22.7 Å². The molecule has 0 saturated heterocycles. The zero-order valence-electron chi connectivity index (χ0n) is 14.9. The molecule has 6 heteroatoms. The molecule has 1 atom stereocenters. The number of carbonyl (C=O) groups is 1. The third-order valence-corrected chi connectivity index (χ3v) is 4.53. The van der Waals surface area contributed by atoms with Crippen molar-refractivity contribution in [1.82, 2.24) is 15.5 Å². The first-order valence-corrected chi connectivity index (χ1v) is 8.80. The molecule has 0 fully saturated rings. The normalized spacial score (nSPS) is 12.0. The van der Waals surface area contributed by atoms with Crippen LogP contribution >= 0.6 is 0 Å². The standard InChI is InChI=1S/C21H20N4O2/c1-14-11-20(25-27-14)24-21(26)23-12-17(15-7-3-2-4-8-15)18-13-22-19-10-6-5-9-16(18)19/h2-11,13,17,22H,12H2,1H3,(H2,23,24,25,26)/t17-/m0/s1. The van der Waals surface area contributed by atoms with E-state index in [0.717, 1.165) is 22.0 Å². The molecule has 136 valence electrons. The van der Waals surface area contributed by atoms with E-state index in [-0.39, 0.29) is 11.9 Å². The number of carbonyl (C=O) groups excluding carboxylic acids is 1. The van der Waals surface area contributed by atoms with Gasteiger partial charge in [-0.15, -0.1) is 0 Å². The van der Waals surface area contributed by atoms with Gasteiger partial charge < -0.3 is 14.8 Å². The summed E-state index contributed by atoms with van der Waals surface area (Å²) in [6, 6.07) is 19.7. The van der Waals surface area contributed by atoms with Crippen molar-refractivity contribution in [3.05, 3.63) is 83.7 Å². The van der Waals surface area contributed by atoms with Crippen LogP contribution in [0, 0.1) is 6.92 Å². The lowest BCUT2D eigenvalue weighted by molar-refractivity contribution is 0.251. The van der Waals surface area contributed by atoms with Crippen LogP contribution in [-0.2, 0) is 0 Å². The summed E-state index contributed by atoms with van der Waals surface area (Å²) < 4.78 is 4.97. The van der Waals surface area contributed by atoms with E-state index in [1.807, 2.05) is 42.6 Å². The number of aryl methyl sites for hydroxylation is 1. The van der Waals surface area contributed by atoms with Gasteiger partial charge in [0.2, 0.25) is 0 Å². The molecule has 2 amide bonds. The lowest BCUT2D eigenvalue weighted by Crippen LogP contribution is -2.32. The Hall–Kier alpha value is -3.54. The Morgan fingerprint density at radius 2 is 1.93 bits per heavy atom. The van der Waals surface area contributed by atoms with E-state index in [1.54, 1.807) is 13.0 Å². The third kappa shape index (κ3) is 3.69. The fourth-order valence-corrected chi connectivity index (χ4v) is 3.26. The predicted molar refractivity (Wildman–Crippen MR) is 105 cm³/mol. The van der Waals surface area contributed by atoms with Crippen molar-refractivity contribution in [2.45, 2.75) is 12.8 Å². The summed E-state index contributed by atoms with van der Waals surface area (Å²) in [5, 5.41) is 10.6. The van der Waals surface area contributed by atoms with Crippen molar-refractivity contribution >= 4 is 22.8 Å². The zero-order chi connectivity index (χ0) is 18.6. The van der Waals surface area contributed by atoms with Crippen LogP contribution in [0.5, 0.6) is 0 Å². The highest BCUT2D eigenvalue weighted by Gasteiger charge is 2.19. The summed E-state index contributed by atoms with van der Waals surface area (Å²) in [4.78, 5) is 15.6. The number of H-pyrrole nitrogens is 1. The Morgan fingerprint density at radius 1 is 1.15 bits per heavy atom. The lowest BCUT2D eigenvalue weighted by atomic mass is 9.91. The van der Waals surface area contributed by atoms with Crippen molar-refractivity contribution in [2.24, 2.45) is 0 Å². The number of urea groups is 1. The molecule has 0 aliphatic carbocycles. The Morgan fingerprint density at radius 3 is 2.70 bits per heavy atom. The zero-order valence-corrected chi connectivity index (χ0v) is 14.9. The summed E-state index contributed by atoms with van der Waals surface area (Å²) in [7, 11) is 0. The number of fused-ring (bicyclic) bond motifs is 1. The van der Waals surface area contributed by atoms with Gasteiger partial charge in [-0.3, -0.25) is 5.32 Å². The van der Waals surface area contributed by atoms with Gasteiger partial charge in [0, 0.05) is 35.6 Å². The van der Waals surface area contributed by atoms with Crippen LogP contribution in [0.3, 0.4) is 0 Å². The number of hydrogen-bond donors (Lipinski definition) is 3. The number of nitrogens with zero attached hydrogens (tertiary/aromatic N) is 1. The first-order valence-electron chi connectivity index (χ1n) is 8.80. The second-order valence-corrected chi connectivity index (χ2v) is 6.41. The van der Waals surface area contributed by atoms with Crippen molar-refractivity contribution < 1.29 is 9.32 Å². The monoisotopic (exact) mass is 360 g/mol. The number of anilines is 1. The van der Waals surface area contributed by atoms with Gasteiger partial charge in [-0.1, -0.05) is 53.7 Å². The van der Waals surface area contributed by atoms with Gasteiger partial charge >= 0.3 is 6.03 Å². The lowest BCUT2D eigenvalue weighted by Gasteiger charge is -2.18. The highest BCUT2D eigenvalue weighted by molar-refractivity contribution is 5.88. The number of aromatic nitrogens is 2. The average molecular weight is 360 g/mol. The molecule has 2 aromatic heterocycles. The Bertz CT molecular complexity index is 1050. The molecule has 0 aliphatic rings. The van der Waals surface area contributed by atoms with Gasteiger partial charge in [0.05, 0.1) is 0 Å². The number of aromatic amines is 1. The topological polar surface area (TPSA) is 83.0 Å². The van der Waals surface area contributed by atoms with E-state index in [2.05, 4.69) is 39.0 Å². The van der Waals surface area contributed by atoms with Crippen molar-refractivity contribution in [3.8, 4) is 0 Å². The van der Waals surface area contributed by atoms with E-state index in [1.165, 1.54) is 0 Å². The molecule has 4 aromatic rings. The highest BCUT2D eigenvalue weighted by Crippen LogP contribution is 2.30. The van der Waals surface area contributed by atoms with E-state index >= 15 is 0 Å². The van der Waals surface area contributed by atoms with Crippen molar-refractivity contribution in [2.75, 3.05) is 11.9 Å². The Balaban J connectivity index is 1.56. The molecular weight excluding hydrogens is 340 g/mol. The number of nitrogens with one attached hydrogen (secondary N) is 3. The second kappa shape index (κ2) is 7.37. The molecule has 4 rings (SSSR count). The summed E-state index contributed by atoms with van der Waals surface area (Å²) in [5.74, 6) is 1.06. The number of amides is 2. The van der Waals surface area contributed by atoms with Crippen LogP contribution in [0.4, 0.5) is 10.6 Å². The minimum atomic E-state index is -0.316. The fourth-order valence-electron chi connectivity index (χ4n) is 3.26. The van der Waals surface area contributed by atoms with E-state index in [0.29, 0.717) is 18.1 Å². The van der Waals surface area contributed by atoms with Gasteiger partial charge in [0.25, 0.3) is 0 Å². The van der Waals surface area contributed by atoms with Gasteiger partial charge in [-0.25, -0.2) is 4.79 Å². The molecule has 0 unspecified atom stereocenters. The van der Waals surface area contributed by atoms with Crippen LogP contribution in [0.15, 0.2) is 71.4 Å². The maximum Gasteiger partial charge on any atom is 0.320 e. The second-order valence-electron chi connectivity index (χ2n) is 6.41. The number of para-hydroxylation sites is 1. The van der Waals surface area contributed by atoms with E-state index in [9.17, 15) is 4.79 Å². The minimum absolute atomic E-state index is 0.0205. The Kier molecular flexibility index (Phi) is 4.61. The minimum Gasteiger partial charge on any atom is -0.361 e. The van der Waals surface area contributed by atoms with Crippen LogP contribution < -0.4 is 10.6 Å². The molecule has 6 nitrogen and oxygen atoms in total.